The zero-order valence-corrected chi connectivity index (χ0v) is 29.1. The number of amides is 4. The molecule has 53 heavy (non-hydrogen) atoms. The lowest BCUT2D eigenvalue weighted by molar-refractivity contribution is -0.192. The van der Waals surface area contributed by atoms with Gasteiger partial charge in [-0.05, 0) is 44.0 Å². The number of halogens is 3. The van der Waals surface area contributed by atoms with E-state index >= 15 is 0 Å². The van der Waals surface area contributed by atoms with Crippen LogP contribution in [0.5, 0.6) is 5.75 Å². The Morgan fingerprint density at radius 1 is 0.943 bits per heavy atom. The molecular formula is C33H42F3N5O12. The summed E-state index contributed by atoms with van der Waals surface area (Å²) < 4.78 is 37.3. The molecule has 0 unspecified atom stereocenters. The van der Waals surface area contributed by atoms with Crippen LogP contribution in [0.4, 0.5) is 13.2 Å². The van der Waals surface area contributed by atoms with Gasteiger partial charge < -0.3 is 35.6 Å². The van der Waals surface area contributed by atoms with Crippen molar-refractivity contribution < 1.29 is 72.0 Å². The fourth-order valence-electron chi connectivity index (χ4n) is 4.83. The Morgan fingerprint density at radius 3 is 2.08 bits per heavy atom. The first-order valence-corrected chi connectivity index (χ1v) is 16.2. The summed E-state index contributed by atoms with van der Waals surface area (Å²) in [6.45, 7) is 3.72. The number of unbranched alkanes of at least 4 members (excludes halogenated alkanes) is 2. The third kappa shape index (κ3) is 15.2. The molecule has 6 N–H and O–H groups in total. The number of pyridine rings is 1. The maximum Gasteiger partial charge on any atom is 0.490 e. The number of hydrogen-bond acceptors (Lipinski definition) is 10. The van der Waals surface area contributed by atoms with E-state index in [1.807, 2.05) is 6.92 Å². The summed E-state index contributed by atoms with van der Waals surface area (Å²) in [5.74, 6) is -7.99. The molecule has 1 aromatic carbocycles. The lowest BCUT2D eigenvalue weighted by Gasteiger charge is -2.29. The summed E-state index contributed by atoms with van der Waals surface area (Å²) in [6.07, 6.45) is -1.48. The van der Waals surface area contributed by atoms with Crippen LogP contribution in [0.1, 0.15) is 73.7 Å². The molecule has 0 spiro atoms. The highest BCUT2D eigenvalue weighted by Gasteiger charge is 2.38. The van der Waals surface area contributed by atoms with Crippen LogP contribution in [0.3, 0.4) is 0 Å². The fraction of sp³-hybridized carbons (Fsp3) is 0.455. The minimum atomic E-state index is -5.08. The molecule has 4 amide bonds. The highest BCUT2D eigenvalue weighted by Crippen LogP contribution is 2.28. The molecule has 1 heterocycles. The molecule has 20 heteroatoms. The molecule has 0 aliphatic rings. The summed E-state index contributed by atoms with van der Waals surface area (Å²) >= 11 is 0. The van der Waals surface area contributed by atoms with Gasteiger partial charge >= 0.3 is 24.1 Å². The second-order valence-electron chi connectivity index (χ2n) is 11.1. The molecule has 17 nitrogen and oxygen atoms in total. The predicted molar refractivity (Wildman–Crippen MR) is 178 cm³/mol. The van der Waals surface area contributed by atoms with Crippen molar-refractivity contribution in [1.82, 2.24) is 25.6 Å². The number of benzene rings is 1. The minimum Gasteiger partial charge on any atom is -0.493 e. The Bertz CT molecular complexity index is 1570. The molecule has 2 aromatic rings. The summed E-state index contributed by atoms with van der Waals surface area (Å²) in [7, 11) is 0. The lowest BCUT2D eigenvalue weighted by atomic mass is 9.90. The smallest absolute Gasteiger partial charge is 0.490 e. The summed E-state index contributed by atoms with van der Waals surface area (Å²) in [5.41, 5.74) is 0.763. The van der Waals surface area contributed by atoms with E-state index in [0.29, 0.717) is 34.1 Å². The van der Waals surface area contributed by atoms with Crippen molar-refractivity contribution in [3.63, 3.8) is 0 Å². The molecule has 2 rings (SSSR count). The normalized spacial score (nSPS) is 11.8. The van der Waals surface area contributed by atoms with Crippen molar-refractivity contribution >= 4 is 42.0 Å². The van der Waals surface area contributed by atoms with Gasteiger partial charge in [-0.25, -0.2) is 14.8 Å². The highest BCUT2D eigenvalue weighted by atomic mass is 19.4. The number of aromatic nitrogens is 1. The van der Waals surface area contributed by atoms with Crippen molar-refractivity contribution in [2.24, 2.45) is 5.92 Å². The van der Waals surface area contributed by atoms with Gasteiger partial charge in [0, 0.05) is 5.56 Å². The number of carboxylic acids is 3. The van der Waals surface area contributed by atoms with Crippen LogP contribution in [0.15, 0.2) is 36.4 Å². The molecule has 0 saturated heterocycles. The molecular weight excluding hydrogens is 715 g/mol. The Kier molecular flexibility index (Phi) is 19.0. The van der Waals surface area contributed by atoms with Crippen molar-refractivity contribution in [3.05, 3.63) is 47.7 Å². The van der Waals surface area contributed by atoms with E-state index in [1.165, 1.54) is 24.3 Å². The zero-order valence-electron chi connectivity index (χ0n) is 29.1. The summed E-state index contributed by atoms with van der Waals surface area (Å²) in [5, 5.41) is 41.1. The van der Waals surface area contributed by atoms with E-state index in [0.717, 1.165) is 19.3 Å². The van der Waals surface area contributed by atoms with Crippen LogP contribution in [0.25, 0.3) is 11.3 Å². The van der Waals surface area contributed by atoms with Gasteiger partial charge in [-0.3, -0.25) is 34.0 Å². The molecule has 0 aliphatic heterocycles. The number of aliphatic carboxylic acids is 3. The van der Waals surface area contributed by atoms with Crippen molar-refractivity contribution in [2.75, 3.05) is 26.4 Å². The number of hydrogen-bond donors (Lipinski definition) is 6. The zero-order chi connectivity index (χ0) is 40.3. The first-order valence-electron chi connectivity index (χ1n) is 16.2. The number of nitrogens with one attached hydrogen (secondary N) is 2. The second-order valence-corrected chi connectivity index (χ2v) is 11.1. The summed E-state index contributed by atoms with van der Waals surface area (Å²) in [6, 6.07) is 8.30. The van der Waals surface area contributed by atoms with E-state index in [9.17, 15) is 47.1 Å². The average Bonchev–Trinajstić information content (AvgIpc) is 3.10. The van der Waals surface area contributed by atoms with Crippen LogP contribution in [-0.4, -0.2) is 116 Å². The predicted octanol–water partition coefficient (Wildman–Crippen LogP) is 3.02. The number of rotatable bonds is 20. The molecule has 0 saturated carbocycles. The highest BCUT2D eigenvalue weighted by molar-refractivity contribution is 6.00. The van der Waals surface area contributed by atoms with Crippen molar-refractivity contribution in [3.8, 4) is 17.0 Å². The number of ether oxygens (including phenoxy) is 1. The Morgan fingerprint density at radius 2 is 1.57 bits per heavy atom. The first kappa shape index (κ1) is 45.2. The molecule has 1 aromatic heterocycles. The van der Waals surface area contributed by atoms with Gasteiger partial charge in [-0.1, -0.05) is 45.2 Å². The third-order valence-electron chi connectivity index (χ3n) is 7.27. The largest absolute Gasteiger partial charge is 0.493 e. The maximum atomic E-state index is 13.1. The molecule has 0 aliphatic carbocycles. The molecule has 0 fully saturated rings. The minimum absolute atomic E-state index is 0.0207. The average molecular weight is 758 g/mol. The Balaban J connectivity index is 0.00000181. The number of nitrogens with zero attached hydrogens (tertiary/aromatic N) is 3. The van der Waals surface area contributed by atoms with Crippen LogP contribution in [0.2, 0.25) is 0 Å². The van der Waals surface area contributed by atoms with Crippen LogP contribution in [-0.2, 0) is 24.0 Å². The van der Waals surface area contributed by atoms with Gasteiger partial charge in [0.15, 0.2) is 0 Å². The number of hydroxylamine groups is 2. The summed E-state index contributed by atoms with van der Waals surface area (Å²) in [4.78, 5) is 86.5. The van der Waals surface area contributed by atoms with Gasteiger partial charge in [0.1, 0.15) is 24.5 Å². The second kappa shape index (κ2) is 22.2. The Labute approximate surface area is 301 Å². The SMILES string of the molecule is CCCCC[C@@H](C(=O)NCNC(=O)c1cccc(-c2ccc(C(=O)N(CC(=O)O)CC(=O)O)c(OCC)c2)n1)[C@@H](CC)N(O)C=O.O=C(O)C(F)(F)F. The van der Waals surface area contributed by atoms with E-state index < -0.39 is 66.9 Å². The van der Waals surface area contributed by atoms with E-state index in [-0.39, 0.29) is 36.7 Å². The molecule has 292 valence electrons. The third-order valence-corrected chi connectivity index (χ3v) is 7.27. The van der Waals surface area contributed by atoms with Crippen molar-refractivity contribution in [1.29, 1.82) is 0 Å². The number of alkyl halides is 3. The Hall–Kier alpha value is -5.79. The van der Waals surface area contributed by atoms with Gasteiger partial charge in [0.05, 0.1) is 36.5 Å². The van der Waals surface area contributed by atoms with Gasteiger partial charge in [-0.15, -0.1) is 0 Å². The van der Waals surface area contributed by atoms with E-state index in [1.54, 1.807) is 26.0 Å². The molecule has 0 radical (unpaired) electrons. The fourth-order valence-corrected chi connectivity index (χ4v) is 4.83. The number of carboxylic acid groups (broad SMARTS) is 3. The van der Waals surface area contributed by atoms with Crippen LogP contribution in [0, 0.1) is 5.92 Å². The van der Waals surface area contributed by atoms with Gasteiger partial charge in [0.25, 0.3) is 11.8 Å². The van der Waals surface area contributed by atoms with Crippen molar-refractivity contribution in [2.45, 2.75) is 65.1 Å². The number of carbonyl (C=O) groups excluding carboxylic acids is 4. The van der Waals surface area contributed by atoms with Gasteiger partial charge in [0.2, 0.25) is 12.3 Å². The molecule has 2 atom stereocenters. The maximum absolute atomic E-state index is 13.1. The monoisotopic (exact) mass is 757 g/mol. The standard InChI is InChI=1S/C31H41N5O10.C2HF3O2/c1-4-7-8-10-21(25(5-2)36(45)19-37)29(42)32-18-33-30(43)24-12-9-11-23(34-24)20-13-14-22(26(15-20)46-6-3)31(44)35(16-27(38)39)17-28(40)41;3-2(4,5)1(6)7/h9,11-15,19,21,25,45H,4-8,10,16-18H2,1-3H3,(H,32,42)(H,33,43)(H,38,39)(H,40,41);(H,6,7)/t21-,25-;/m1./s1. The van der Waals surface area contributed by atoms with Gasteiger partial charge in [-0.2, -0.15) is 13.2 Å². The van der Waals surface area contributed by atoms with E-state index in [4.69, 9.17) is 24.9 Å². The number of carbonyl (C=O) groups is 7. The molecule has 0 bridgehead atoms. The quantitative estimate of drug-likeness (QED) is 0.0374. The van der Waals surface area contributed by atoms with Crippen LogP contribution < -0.4 is 15.4 Å². The van der Waals surface area contributed by atoms with Crippen LogP contribution >= 0.6 is 0 Å². The topological polar surface area (TPSA) is 253 Å². The van der Waals surface area contributed by atoms with E-state index in [2.05, 4.69) is 15.6 Å². The lowest BCUT2D eigenvalue weighted by Crippen LogP contribution is -2.47. The first-order chi connectivity index (χ1) is 24.9.